The molecule has 8 nitrogen and oxygen atoms in total. The molecule has 0 aromatic heterocycles. The van der Waals surface area contributed by atoms with Gasteiger partial charge in [-0.1, -0.05) is 94.9 Å². The van der Waals surface area contributed by atoms with Crippen LogP contribution in [0, 0.1) is 0 Å². The highest BCUT2D eigenvalue weighted by Crippen LogP contribution is 2.33. The van der Waals surface area contributed by atoms with Crippen molar-refractivity contribution in [3.63, 3.8) is 0 Å². The number of aliphatic hydroxyl groups is 2. The summed E-state index contributed by atoms with van der Waals surface area (Å²) in [6.07, 6.45) is -3.25. The molecule has 0 spiro atoms. The zero-order chi connectivity index (χ0) is 37.2. The molecule has 268 valence electrons. The fourth-order valence-electron chi connectivity index (χ4n) is 4.66. The van der Waals surface area contributed by atoms with Crippen molar-refractivity contribution in [2.75, 3.05) is 0 Å². The quantitative estimate of drug-likeness (QED) is 0.142. The number of ether oxygens (including phenoxy) is 2. The van der Waals surface area contributed by atoms with Gasteiger partial charge < -0.3 is 30.3 Å². The van der Waals surface area contributed by atoms with Crippen molar-refractivity contribution in [3.8, 4) is 0 Å². The first-order valence-corrected chi connectivity index (χ1v) is 17.2. The Morgan fingerprint density at radius 3 is 1.12 bits per heavy atom. The molecule has 0 aliphatic heterocycles. The summed E-state index contributed by atoms with van der Waals surface area (Å²) < 4.78 is 10.6. The Labute approximate surface area is 313 Å². The van der Waals surface area contributed by atoms with Gasteiger partial charge in [-0.05, 0) is 112 Å². The number of nitrogens with one attached hydrogen (secondary N) is 2. The first-order chi connectivity index (χ1) is 23.3. The molecule has 50 heavy (non-hydrogen) atoms. The third kappa shape index (κ3) is 13.7. The van der Waals surface area contributed by atoms with E-state index in [1.54, 1.807) is 139 Å². The predicted octanol–water partition coefficient (Wildman–Crippen LogP) is 10.6. The van der Waals surface area contributed by atoms with Gasteiger partial charge in [0.1, 0.15) is 23.4 Å². The van der Waals surface area contributed by atoms with Gasteiger partial charge in [-0.25, -0.2) is 9.59 Å². The van der Waals surface area contributed by atoms with E-state index in [1.165, 1.54) is 0 Å². The molecule has 0 aliphatic rings. The van der Waals surface area contributed by atoms with E-state index in [4.69, 9.17) is 55.9 Å². The van der Waals surface area contributed by atoms with Crippen LogP contribution in [0.25, 0.3) is 0 Å². The minimum atomic E-state index is -1.01. The molecule has 4 aromatic rings. The van der Waals surface area contributed by atoms with Crippen LogP contribution >= 0.6 is 46.4 Å². The van der Waals surface area contributed by atoms with Crippen LogP contribution in [0.5, 0.6) is 0 Å². The lowest BCUT2D eigenvalue weighted by molar-refractivity contribution is 0.0411. The molecule has 0 saturated carbocycles. The van der Waals surface area contributed by atoms with E-state index in [0.29, 0.717) is 42.3 Å². The number of carbonyl (C=O) groups is 2. The van der Waals surface area contributed by atoms with Crippen LogP contribution in [0.15, 0.2) is 97.1 Å². The average molecular weight is 765 g/mol. The lowest BCUT2D eigenvalue weighted by Gasteiger charge is -2.27. The Morgan fingerprint density at radius 1 is 0.520 bits per heavy atom. The Kier molecular flexibility index (Phi) is 14.8. The van der Waals surface area contributed by atoms with Gasteiger partial charge in [-0.15, -0.1) is 0 Å². The number of halogens is 4. The maximum Gasteiger partial charge on any atom is 0.408 e. The van der Waals surface area contributed by atoms with Gasteiger partial charge >= 0.3 is 12.2 Å². The first-order valence-electron chi connectivity index (χ1n) is 15.7. The van der Waals surface area contributed by atoms with Crippen molar-refractivity contribution in [2.24, 2.45) is 0 Å². The Hall–Kier alpha value is -3.50. The number of carbonyl (C=O) groups excluding carboxylic acids is 2. The van der Waals surface area contributed by atoms with Gasteiger partial charge in [-0.2, -0.15) is 0 Å². The van der Waals surface area contributed by atoms with Crippen molar-refractivity contribution in [2.45, 2.75) is 77.0 Å². The number of alkyl carbamates (subject to hydrolysis) is 2. The third-order valence-corrected chi connectivity index (χ3v) is 7.79. The maximum atomic E-state index is 12.2. The number of benzene rings is 4. The summed E-state index contributed by atoms with van der Waals surface area (Å²) in [7, 11) is 0. The van der Waals surface area contributed by atoms with E-state index >= 15 is 0 Å². The predicted molar refractivity (Wildman–Crippen MR) is 200 cm³/mol. The van der Waals surface area contributed by atoms with E-state index < -0.39 is 47.7 Å². The molecule has 4 atom stereocenters. The monoisotopic (exact) mass is 762 g/mol. The topological polar surface area (TPSA) is 117 Å². The summed E-state index contributed by atoms with van der Waals surface area (Å²) in [4.78, 5) is 24.4. The highest BCUT2D eigenvalue weighted by Gasteiger charge is 2.29. The molecule has 0 radical (unpaired) electrons. The summed E-state index contributed by atoms with van der Waals surface area (Å²) in [5, 5.41) is 29.2. The SMILES string of the molecule is CC(C)(C)OC(=O)N[C@@H](c1ccc(Cl)cc1)[C@H](O)c1cccc(Cl)c1.CC(C)(C)OC(=O)N[C@H](c1ccc(Cl)cc1)[C@@H](O)c1cccc(Cl)c1. The van der Waals surface area contributed by atoms with Crippen molar-refractivity contribution < 1.29 is 29.3 Å². The Balaban J connectivity index is 0.000000270. The second kappa shape index (κ2) is 18.1. The smallest absolute Gasteiger partial charge is 0.408 e. The minimum Gasteiger partial charge on any atom is -0.444 e. The maximum absolute atomic E-state index is 12.2. The molecule has 4 rings (SSSR count). The zero-order valence-electron chi connectivity index (χ0n) is 28.6. The molecule has 2 amide bonds. The van der Waals surface area contributed by atoms with Gasteiger partial charge in [0.05, 0.1) is 12.1 Å². The molecule has 0 aliphatic carbocycles. The van der Waals surface area contributed by atoms with Crippen LogP contribution in [0.1, 0.15) is 88.1 Å². The number of hydrogen-bond donors (Lipinski definition) is 4. The van der Waals surface area contributed by atoms with Crippen LogP contribution in [-0.4, -0.2) is 33.6 Å². The standard InChI is InChI=1S/2C19H21Cl2NO3/c2*1-19(2,3)25-18(24)22-16(12-7-9-14(20)10-8-12)17(23)13-5-4-6-15(21)11-13/h2*4-11,16-17,23H,1-3H3,(H,22,24)/t2*16-,17+/m10/s1. The molecule has 4 N–H and O–H groups in total. The van der Waals surface area contributed by atoms with E-state index in [0.717, 1.165) is 0 Å². The molecule has 0 saturated heterocycles. The van der Waals surface area contributed by atoms with Crippen LogP contribution in [0.4, 0.5) is 9.59 Å². The van der Waals surface area contributed by atoms with E-state index in [2.05, 4.69) is 10.6 Å². The number of rotatable bonds is 8. The fraction of sp³-hybridized carbons (Fsp3) is 0.316. The summed E-state index contributed by atoms with van der Waals surface area (Å²) in [5.41, 5.74) is 1.28. The van der Waals surface area contributed by atoms with Crippen LogP contribution < -0.4 is 10.6 Å². The number of aliphatic hydroxyl groups excluding tert-OH is 2. The minimum absolute atomic E-state index is 0.503. The molecule has 0 fully saturated rings. The normalized spacial score (nSPS) is 13.8. The fourth-order valence-corrected chi connectivity index (χ4v) is 5.31. The van der Waals surface area contributed by atoms with Crippen LogP contribution in [0.2, 0.25) is 20.1 Å². The summed E-state index contributed by atoms with van der Waals surface area (Å²) in [6.45, 7) is 10.7. The lowest BCUT2D eigenvalue weighted by atomic mass is 9.96. The van der Waals surface area contributed by atoms with Crippen molar-refractivity contribution >= 4 is 58.6 Å². The Bertz CT molecular complexity index is 1580. The lowest BCUT2D eigenvalue weighted by Crippen LogP contribution is -2.37. The van der Waals surface area contributed by atoms with E-state index in [-0.39, 0.29) is 0 Å². The van der Waals surface area contributed by atoms with Gasteiger partial charge in [0.25, 0.3) is 0 Å². The molecular formula is C38H42Cl4N2O6. The summed E-state index contributed by atoms with van der Waals surface area (Å²) in [5.74, 6) is 0. The molecule has 0 heterocycles. The second-order valence-corrected chi connectivity index (χ2v) is 15.1. The van der Waals surface area contributed by atoms with E-state index in [9.17, 15) is 19.8 Å². The van der Waals surface area contributed by atoms with Gasteiger partial charge in [-0.3, -0.25) is 0 Å². The van der Waals surface area contributed by atoms with Gasteiger partial charge in [0, 0.05) is 20.1 Å². The molecule has 0 bridgehead atoms. The van der Waals surface area contributed by atoms with Gasteiger partial charge in [0.2, 0.25) is 0 Å². The summed E-state index contributed by atoms with van der Waals surface area (Å²) in [6, 6.07) is 26.1. The van der Waals surface area contributed by atoms with E-state index in [1.807, 2.05) is 0 Å². The highest BCUT2D eigenvalue weighted by atomic mass is 35.5. The third-order valence-electron chi connectivity index (χ3n) is 6.81. The van der Waals surface area contributed by atoms with Crippen LogP contribution in [0.3, 0.4) is 0 Å². The van der Waals surface area contributed by atoms with Crippen molar-refractivity contribution in [1.82, 2.24) is 10.6 Å². The second-order valence-electron chi connectivity index (χ2n) is 13.4. The van der Waals surface area contributed by atoms with Crippen LogP contribution in [-0.2, 0) is 9.47 Å². The molecule has 12 heteroatoms. The average Bonchev–Trinajstić information content (AvgIpc) is 3.01. The number of hydrogen-bond acceptors (Lipinski definition) is 6. The van der Waals surface area contributed by atoms with Crippen molar-refractivity contribution in [3.05, 3.63) is 139 Å². The molecule has 0 unspecified atom stereocenters. The molecular weight excluding hydrogens is 722 g/mol. The zero-order valence-corrected chi connectivity index (χ0v) is 31.6. The first kappa shape index (κ1) is 40.9. The Morgan fingerprint density at radius 2 is 0.840 bits per heavy atom. The highest BCUT2D eigenvalue weighted by molar-refractivity contribution is 6.31. The van der Waals surface area contributed by atoms with Crippen molar-refractivity contribution in [1.29, 1.82) is 0 Å². The molecule has 4 aromatic carbocycles. The number of amides is 2. The largest absolute Gasteiger partial charge is 0.444 e. The summed E-state index contributed by atoms with van der Waals surface area (Å²) >= 11 is 23.9. The van der Waals surface area contributed by atoms with Gasteiger partial charge in [0.15, 0.2) is 0 Å².